The monoisotopic (exact) mass is 624 g/mol. The molecule has 2 aromatic carbocycles. The summed E-state index contributed by atoms with van der Waals surface area (Å²) in [5.74, 6) is 0.172. The molecule has 0 unspecified atom stereocenters. The number of aliphatic hydroxyl groups excluding tert-OH is 3. The van der Waals surface area contributed by atoms with Gasteiger partial charge in [-0.1, -0.05) is 60.7 Å². The van der Waals surface area contributed by atoms with E-state index in [1.54, 1.807) is 0 Å². The molecule has 12 nitrogen and oxygen atoms in total. The molecule has 0 bridgehead atoms. The maximum absolute atomic E-state index is 12.6. The van der Waals surface area contributed by atoms with Crippen molar-refractivity contribution in [1.82, 2.24) is 24.8 Å². The van der Waals surface area contributed by atoms with E-state index in [0.29, 0.717) is 42.3 Å². The zero-order chi connectivity index (χ0) is 30.6. The average Bonchev–Trinajstić information content (AvgIpc) is 3.74. The number of carbonyl (C=O) groups excluding carboxylic acids is 1. The van der Waals surface area contributed by atoms with E-state index in [0.717, 1.165) is 17.5 Å². The third-order valence-corrected chi connectivity index (χ3v) is 8.11. The van der Waals surface area contributed by atoms with Crippen molar-refractivity contribution in [3.05, 3.63) is 78.1 Å². The molecule has 13 heteroatoms. The van der Waals surface area contributed by atoms with E-state index in [4.69, 9.17) is 16.1 Å². The van der Waals surface area contributed by atoms with Crippen LogP contribution in [0.5, 0.6) is 0 Å². The Morgan fingerprint density at radius 2 is 1.75 bits per heavy atom. The predicted octanol–water partition coefficient (Wildman–Crippen LogP) is 2.57. The molecule has 44 heavy (non-hydrogen) atoms. The summed E-state index contributed by atoms with van der Waals surface area (Å²) in [5, 5.41) is 41.0. The highest BCUT2D eigenvalue weighted by atomic mass is 35.5. The number of benzene rings is 2. The van der Waals surface area contributed by atoms with Gasteiger partial charge in [0.1, 0.15) is 12.2 Å². The van der Waals surface area contributed by atoms with E-state index in [1.807, 2.05) is 36.4 Å². The van der Waals surface area contributed by atoms with Gasteiger partial charge in [0.15, 0.2) is 29.3 Å². The van der Waals surface area contributed by atoms with Crippen LogP contribution < -0.4 is 16.0 Å². The van der Waals surface area contributed by atoms with E-state index in [2.05, 4.69) is 45.2 Å². The van der Waals surface area contributed by atoms with Crippen molar-refractivity contribution in [3.8, 4) is 0 Å². The van der Waals surface area contributed by atoms with Crippen LogP contribution in [0, 0.1) is 0 Å². The summed E-state index contributed by atoms with van der Waals surface area (Å²) < 4.78 is 14.6. The molecule has 234 valence electrons. The Morgan fingerprint density at radius 3 is 2.39 bits per heavy atom. The number of aromatic nitrogens is 4. The Kier molecular flexibility index (Phi) is 9.53. The van der Waals surface area contributed by atoms with E-state index in [9.17, 15) is 20.1 Å². The smallest absolute Gasteiger partial charge is 0.252 e. The minimum absolute atomic E-state index is 0. The van der Waals surface area contributed by atoms with Crippen LogP contribution >= 0.6 is 12.4 Å². The zero-order valence-corrected chi connectivity index (χ0v) is 24.8. The first-order valence-electron chi connectivity index (χ1n) is 15.2. The minimum Gasteiger partial charge on any atom is -0.393 e. The Bertz CT molecular complexity index is 1530. The van der Waals surface area contributed by atoms with Crippen LogP contribution in [0.1, 0.15) is 50.8 Å². The standard InChI is InChI=1S/C31H37N7O5.ClH/c1-2-32-29(42)26-24(40)25(41)30(43-26)38-17-34-23-27(36-31(37-28(23)38)35-20-13-14-21(39)15-20)33-16-22(18-9-5-3-6-10-18)19-11-7-4-8-12-19;/h3-12,17,20-22,24-26,30,39-41H,2,13-16H2,1H3,(H,32,42)(H2,33,35,36,37);1H/t20-,21-,24-,25+,26-,30-;/m0./s1/i1D;. The van der Waals surface area contributed by atoms with Crippen molar-refractivity contribution in [2.75, 3.05) is 23.7 Å². The van der Waals surface area contributed by atoms with Crippen LogP contribution in [-0.2, 0) is 9.53 Å². The fraction of sp³-hybridized carbons (Fsp3) is 0.419. The van der Waals surface area contributed by atoms with Gasteiger partial charge in [-0.2, -0.15) is 9.97 Å². The van der Waals surface area contributed by atoms with E-state index in [-0.39, 0.29) is 37.8 Å². The molecule has 2 aromatic heterocycles. The molecular weight excluding hydrogens is 586 g/mol. The highest BCUT2D eigenvalue weighted by Crippen LogP contribution is 2.34. The second-order valence-corrected chi connectivity index (χ2v) is 11.0. The fourth-order valence-electron chi connectivity index (χ4n) is 5.89. The second kappa shape index (κ2) is 13.9. The van der Waals surface area contributed by atoms with Crippen LogP contribution in [0.2, 0.25) is 0 Å². The van der Waals surface area contributed by atoms with Crippen molar-refractivity contribution in [1.29, 1.82) is 0 Å². The summed E-state index contributed by atoms with van der Waals surface area (Å²) in [7, 11) is 0. The van der Waals surface area contributed by atoms with Gasteiger partial charge in [0.2, 0.25) is 5.95 Å². The first-order valence-corrected chi connectivity index (χ1v) is 14.5. The van der Waals surface area contributed by atoms with E-state index >= 15 is 0 Å². The number of anilines is 2. The Balaban J connectivity index is 0.00000400. The van der Waals surface area contributed by atoms with Crippen molar-refractivity contribution >= 4 is 41.2 Å². The van der Waals surface area contributed by atoms with Gasteiger partial charge in [-0.15, -0.1) is 12.4 Å². The second-order valence-electron chi connectivity index (χ2n) is 11.0. The normalized spacial score (nSPS) is 25.0. The SMILES string of the molecule is Cl.[2H]CCNC(=O)[C@H]1O[C@H](n2cnc3c(NCC(c4ccccc4)c4ccccc4)nc(N[C@H]4CC[C@H](O)C4)nc32)[C@H](O)[C@@H]1O. The number of hydrogen-bond donors (Lipinski definition) is 6. The number of nitrogens with zero attached hydrogens (tertiary/aromatic N) is 4. The molecule has 2 aliphatic rings. The molecular formula is C31H38ClN7O5. The maximum Gasteiger partial charge on any atom is 0.252 e. The van der Waals surface area contributed by atoms with Crippen LogP contribution in [0.15, 0.2) is 67.0 Å². The third-order valence-electron chi connectivity index (χ3n) is 8.11. The number of halogens is 1. The Morgan fingerprint density at radius 1 is 1.05 bits per heavy atom. The molecule has 2 fully saturated rings. The van der Waals surface area contributed by atoms with Crippen LogP contribution in [-0.4, -0.2) is 84.3 Å². The number of likely N-dealkylation sites (N-methyl/N-ethyl adjacent to an activating group) is 1. The molecule has 1 amide bonds. The van der Waals surface area contributed by atoms with Gasteiger partial charge in [-0.25, -0.2) is 4.98 Å². The number of carbonyl (C=O) groups is 1. The topological polar surface area (TPSA) is 167 Å². The number of hydrogen-bond acceptors (Lipinski definition) is 10. The fourth-order valence-corrected chi connectivity index (χ4v) is 5.89. The van der Waals surface area contributed by atoms with Gasteiger partial charge in [0.25, 0.3) is 5.91 Å². The van der Waals surface area contributed by atoms with Crippen molar-refractivity contribution in [3.63, 3.8) is 0 Å². The average molecular weight is 625 g/mol. The lowest BCUT2D eigenvalue weighted by atomic mass is 9.91. The lowest BCUT2D eigenvalue weighted by Crippen LogP contribution is -2.42. The summed E-state index contributed by atoms with van der Waals surface area (Å²) in [6, 6.07) is 20.3. The van der Waals surface area contributed by atoms with Crippen LogP contribution in [0.25, 0.3) is 11.2 Å². The van der Waals surface area contributed by atoms with Crippen LogP contribution in [0.4, 0.5) is 11.8 Å². The number of amides is 1. The van der Waals surface area contributed by atoms with Crippen LogP contribution in [0.3, 0.4) is 0 Å². The lowest BCUT2D eigenvalue weighted by Gasteiger charge is -2.20. The van der Waals surface area contributed by atoms with Gasteiger partial charge < -0.3 is 36.0 Å². The van der Waals surface area contributed by atoms with Gasteiger partial charge >= 0.3 is 0 Å². The lowest BCUT2D eigenvalue weighted by molar-refractivity contribution is -0.137. The molecule has 6 atom stereocenters. The summed E-state index contributed by atoms with van der Waals surface area (Å²) >= 11 is 0. The number of aliphatic hydroxyl groups is 3. The molecule has 0 radical (unpaired) electrons. The highest BCUT2D eigenvalue weighted by molar-refractivity contribution is 5.85. The number of fused-ring (bicyclic) bond motifs is 1. The molecule has 1 aliphatic heterocycles. The highest BCUT2D eigenvalue weighted by Gasteiger charge is 2.47. The molecule has 1 saturated carbocycles. The zero-order valence-electron chi connectivity index (χ0n) is 25.0. The molecule has 1 saturated heterocycles. The summed E-state index contributed by atoms with van der Waals surface area (Å²) in [6.45, 7) is 0.566. The number of ether oxygens (including phenoxy) is 1. The molecule has 6 rings (SSSR count). The predicted molar refractivity (Wildman–Crippen MR) is 168 cm³/mol. The first kappa shape index (κ1) is 30.2. The third kappa shape index (κ3) is 6.49. The Hall–Kier alpha value is -3.81. The van der Waals surface area contributed by atoms with Gasteiger partial charge in [0, 0.05) is 26.4 Å². The molecule has 6 N–H and O–H groups in total. The summed E-state index contributed by atoms with van der Waals surface area (Å²) in [5.41, 5.74) is 3.02. The summed E-state index contributed by atoms with van der Waals surface area (Å²) in [4.78, 5) is 26.6. The molecule has 3 heterocycles. The first-order chi connectivity index (χ1) is 21.4. The van der Waals surface area contributed by atoms with Gasteiger partial charge in [0.05, 0.1) is 12.4 Å². The maximum atomic E-state index is 12.6. The van der Waals surface area contributed by atoms with E-state index < -0.39 is 36.6 Å². The van der Waals surface area contributed by atoms with Crippen molar-refractivity contribution in [2.45, 2.75) is 68.8 Å². The molecule has 4 aromatic rings. The van der Waals surface area contributed by atoms with E-state index in [1.165, 1.54) is 10.9 Å². The number of nitrogens with one attached hydrogen (secondary N) is 3. The van der Waals surface area contributed by atoms with Gasteiger partial charge in [-0.05, 0) is 37.3 Å². The number of rotatable bonds is 10. The molecule has 1 aliphatic carbocycles. The van der Waals surface area contributed by atoms with Crippen molar-refractivity contribution in [2.24, 2.45) is 0 Å². The van der Waals surface area contributed by atoms with Gasteiger partial charge in [-0.3, -0.25) is 9.36 Å². The summed E-state index contributed by atoms with van der Waals surface area (Å²) in [6.07, 6.45) is -2.32. The quantitative estimate of drug-likeness (QED) is 0.154. The Labute approximate surface area is 262 Å². The molecule has 0 spiro atoms. The minimum atomic E-state index is -1.49. The largest absolute Gasteiger partial charge is 0.393 e. The number of imidazole rings is 1. The van der Waals surface area contributed by atoms with Crippen molar-refractivity contribution < 1.29 is 26.2 Å².